The van der Waals surface area contributed by atoms with Crippen LogP contribution in [0.4, 0.5) is 4.79 Å². The fourth-order valence-electron chi connectivity index (χ4n) is 3.36. The Hall–Kier alpha value is -2.43. The summed E-state index contributed by atoms with van der Waals surface area (Å²) in [5.41, 5.74) is 5.48. The zero-order valence-electron chi connectivity index (χ0n) is 15.9. The van der Waals surface area contributed by atoms with E-state index in [1.54, 1.807) is 11.5 Å². The lowest BCUT2D eigenvalue weighted by atomic mass is 9.92. The van der Waals surface area contributed by atoms with Crippen molar-refractivity contribution in [3.8, 4) is 22.8 Å². The summed E-state index contributed by atoms with van der Waals surface area (Å²) in [6, 6.07) is 4.18. The summed E-state index contributed by atoms with van der Waals surface area (Å²) in [5, 5.41) is 10.8. The molecule has 1 aromatic heterocycles. The van der Waals surface area contributed by atoms with Crippen LogP contribution in [0.25, 0.3) is 11.1 Å². The van der Waals surface area contributed by atoms with Gasteiger partial charge >= 0.3 is 6.16 Å². The Morgan fingerprint density at radius 3 is 2.36 bits per heavy atom. The molecule has 136 valence electrons. The molecule has 2 rings (SSSR count). The zero-order valence-corrected chi connectivity index (χ0v) is 15.9. The van der Waals surface area contributed by atoms with E-state index in [-0.39, 0.29) is 12.5 Å². The van der Waals surface area contributed by atoms with Crippen molar-refractivity contribution in [1.82, 2.24) is 4.57 Å². The Morgan fingerprint density at radius 2 is 1.80 bits per heavy atom. The largest absolute Gasteiger partial charge is 0.513 e. The molecular formula is C20H27NO4. The van der Waals surface area contributed by atoms with Gasteiger partial charge < -0.3 is 19.1 Å². The van der Waals surface area contributed by atoms with Crippen LogP contribution in [0.1, 0.15) is 43.2 Å². The number of benzene rings is 1. The number of aryl methyl sites for hydroxylation is 3. The first-order valence-corrected chi connectivity index (χ1v) is 8.72. The Labute approximate surface area is 149 Å². The fourth-order valence-corrected chi connectivity index (χ4v) is 3.36. The normalized spacial score (nSPS) is 10.8. The van der Waals surface area contributed by atoms with Gasteiger partial charge in [0.25, 0.3) is 0 Å². The molecule has 0 saturated carbocycles. The Balaban J connectivity index is 2.75. The smallest absolute Gasteiger partial charge is 0.494 e. The van der Waals surface area contributed by atoms with Crippen LogP contribution in [0.5, 0.6) is 11.6 Å². The molecule has 5 heteroatoms. The molecule has 0 unspecified atom stereocenters. The molecule has 0 amide bonds. The molecule has 0 aliphatic carbocycles. The molecule has 1 heterocycles. The molecular weight excluding hydrogens is 318 g/mol. The summed E-state index contributed by atoms with van der Waals surface area (Å²) in [6.45, 7) is 12.4. The molecule has 0 atom stereocenters. The minimum Gasteiger partial charge on any atom is -0.494 e. The average Bonchev–Trinajstić information content (AvgIpc) is 2.77. The number of aromatic nitrogens is 1. The monoisotopic (exact) mass is 345 g/mol. The van der Waals surface area contributed by atoms with Gasteiger partial charge in [-0.05, 0) is 57.7 Å². The minimum atomic E-state index is -0.761. The van der Waals surface area contributed by atoms with Crippen molar-refractivity contribution < 1.29 is 19.4 Å². The lowest BCUT2D eigenvalue weighted by Gasteiger charge is -2.14. The van der Waals surface area contributed by atoms with Crippen molar-refractivity contribution in [2.45, 2.75) is 54.5 Å². The van der Waals surface area contributed by atoms with Crippen molar-refractivity contribution in [2.24, 2.45) is 0 Å². The number of hydrogen-bond donors (Lipinski definition) is 1. The van der Waals surface area contributed by atoms with Gasteiger partial charge in [0, 0.05) is 6.54 Å². The lowest BCUT2D eigenvalue weighted by molar-refractivity contribution is 0.104. The number of rotatable bonds is 5. The SMILES string of the molecule is CCOC(=O)Oc1c(-c2c(C)cc(C)cc2CC)c(O)n(CC)c1C. The average molecular weight is 345 g/mol. The maximum atomic E-state index is 11.9. The lowest BCUT2D eigenvalue weighted by Crippen LogP contribution is -2.11. The summed E-state index contributed by atoms with van der Waals surface area (Å²) < 4.78 is 12.1. The third kappa shape index (κ3) is 3.50. The second kappa shape index (κ2) is 7.64. The highest BCUT2D eigenvalue weighted by atomic mass is 16.7. The molecule has 0 aliphatic rings. The van der Waals surface area contributed by atoms with E-state index in [2.05, 4.69) is 19.1 Å². The first-order valence-electron chi connectivity index (χ1n) is 8.72. The van der Waals surface area contributed by atoms with Gasteiger partial charge in [0.05, 0.1) is 17.9 Å². The number of carbonyl (C=O) groups is 1. The molecule has 0 bridgehead atoms. The standard InChI is InChI=1S/C20H27NO4/c1-7-15-11-12(4)10-13(5)16(15)17-18(25-20(23)24-9-3)14(6)21(8-2)19(17)22/h10-11,22H,7-9H2,1-6H3. The molecule has 2 aromatic rings. The molecule has 25 heavy (non-hydrogen) atoms. The third-order valence-electron chi connectivity index (χ3n) is 4.40. The van der Waals surface area contributed by atoms with Gasteiger partial charge in [-0.3, -0.25) is 0 Å². The highest BCUT2D eigenvalue weighted by Gasteiger charge is 2.27. The molecule has 1 N–H and O–H groups in total. The molecule has 0 saturated heterocycles. The summed E-state index contributed by atoms with van der Waals surface area (Å²) in [4.78, 5) is 11.9. The Bertz CT molecular complexity index is 790. The van der Waals surface area contributed by atoms with Gasteiger partial charge in [-0.15, -0.1) is 0 Å². The molecule has 0 aliphatic heterocycles. The van der Waals surface area contributed by atoms with E-state index in [1.807, 2.05) is 27.7 Å². The number of nitrogens with zero attached hydrogens (tertiary/aromatic N) is 1. The van der Waals surface area contributed by atoms with Crippen LogP contribution in [-0.4, -0.2) is 22.4 Å². The predicted molar refractivity (Wildman–Crippen MR) is 98.4 cm³/mol. The van der Waals surface area contributed by atoms with E-state index in [0.717, 1.165) is 28.7 Å². The van der Waals surface area contributed by atoms with E-state index >= 15 is 0 Å². The van der Waals surface area contributed by atoms with Gasteiger partial charge in [0.2, 0.25) is 5.88 Å². The number of hydrogen-bond acceptors (Lipinski definition) is 4. The topological polar surface area (TPSA) is 60.7 Å². The van der Waals surface area contributed by atoms with Gasteiger partial charge in [-0.25, -0.2) is 4.79 Å². The van der Waals surface area contributed by atoms with Crippen LogP contribution in [0.2, 0.25) is 0 Å². The molecule has 0 radical (unpaired) electrons. The van der Waals surface area contributed by atoms with E-state index in [1.165, 1.54) is 0 Å². The maximum absolute atomic E-state index is 11.9. The Kier molecular flexibility index (Phi) is 5.77. The van der Waals surface area contributed by atoms with Crippen molar-refractivity contribution >= 4 is 6.16 Å². The quantitative estimate of drug-likeness (QED) is 0.783. The van der Waals surface area contributed by atoms with Gasteiger partial charge in [0.1, 0.15) is 0 Å². The summed E-state index contributed by atoms with van der Waals surface area (Å²) in [6.07, 6.45) is 0.0508. The molecule has 1 aromatic carbocycles. The predicted octanol–water partition coefficient (Wildman–Crippen LogP) is 4.90. The number of aromatic hydroxyl groups is 1. The van der Waals surface area contributed by atoms with Crippen LogP contribution >= 0.6 is 0 Å². The van der Waals surface area contributed by atoms with Crippen molar-refractivity contribution in [1.29, 1.82) is 0 Å². The van der Waals surface area contributed by atoms with Crippen molar-refractivity contribution in [3.63, 3.8) is 0 Å². The molecule has 0 fully saturated rings. The van der Waals surface area contributed by atoms with Crippen LogP contribution in [0.15, 0.2) is 12.1 Å². The van der Waals surface area contributed by atoms with E-state index in [9.17, 15) is 9.90 Å². The van der Waals surface area contributed by atoms with Crippen LogP contribution in [0, 0.1) is 20.8 Å². The Morgan fingerprint density at radius 1 is 1.12 bits per heavy atom. The van der Waals surface area contributed by atoms with E-state index < -0.39 is 6.16 Å². The van der Waals surface area contributed by atoms with Crippen LogP contribution in [-0.2, 0) is 17.7 Å². The molecule has 5 nitrogen and oxygen atoms in total. The van der Waals surface area contributed by atoms with Crippen molar-refractivity contribution in [2.75, 3.05) is 6.61 Å². The maximum Gasteiger partial charge on any atom is 0.513 e. The second-order valence-electron chi connectivity index (χ2n) is 6.11. The van der Waals surface area contributed by atoms with Gasteiger partial charge in [0.15, 0.2) is 5.75 Å². The zero-order chi connectivity index (χ0) is 18.7. The fraction of sp³-hybridized carbons (Fsp3) is 0.450. The summed E-state index contributed by atoms with van der Waals surface area (Å²) in [7, 11) is 0. The van der Waals surface area contributed by atoms with Gasteiger partial charge in [-0.1, -0.05) is 24.6 Å². The minimum absolute atomic E-state index is 0.112. The first-order chi connectivity index (χ1) is 11.8. The van der Waals surface area contributed by atoms with E-state index in [4.69, 9.17) is 9.47 Å². The summed E-state index contributed by atoms with van der Waals surface area (Å²) >= 11 is 0. The van der Waals surface area contributed by atoms with Crippen LogP contribution in [0.3, 0.4) is 0 Å². The number of carbonyl (C=O) groups excluding carboxylic acids is 1. The van der Waals surface area contributed by atoms with Gasteiger partial charge in [-0.2, -0.15) is 0 Å². The van der Waals surface area contributed by atoms with Crippen molar-refractivity contribution in [3.05, 3.63) is 34.5 Å². The first kappa shape index (κ1) is 18.9. The highest BCUT2D eigenvalue weighted by molar-refractivity contribution is 5.84. The van der Waals surface area contributed by atoms with Crippen LogP contribution < -0.4 is 4.74 Å². The third-order valence-corrected chi connectivity index (χ3v) is 4.40. The number of ether oxygens (including phenoxy) is 2. The highest BCUT2D eigenvalue weighted by Crippen LogP contribution is 2.46. The summed E-state index contributed by atoms with van der Waals surface area (Å²) in [5.74, 6) is 0.473. The van der Waals surface area contributed by atoms with E-state index in [0.29, 0.717) is 23.6 Å². The molecule has 0 spiro atoms. The second-order valence-corrected chi connectivity index (χ2v) is 6.11.